The van der Waals surface area contributed by atoms with Gasteiger partial charge in [0.2, 0.25) is 0 Å². The highest BCUT2D eigenvalue weighted by Crippen LogP contribution is 2.19. The third-order valence-electron chi connectivity index (χ3n) is 2.00. The molecule has 0 aromatic heterocycles. The quantitative estimate of drug-likeness (QED) is 0.652. The molecule has 1 aromatic carbocycles. The third-order valence-corrected chi connectivity index (χ3v) is 2.00. The van der Waals surface area contributed by atoms with Crippen LogP contribution in [-0.2, 0) is 9.59 Å². The topological polar surface area (TPSA) is 93.4 Å². The molecule has 6 nitrogen and oxygen atoms in total. The number of hydrogen-bond acceptors (Lipinski definition) is 4. The van der Waals surface area contributed by atoms with Crippen LogP contribution in [0.4, 0.5) is 10.1 Å². The van der Waals surface area contributed by atoms with E-state index in [1.54, 1.807) is 0 Å². The maximum Gasteiger partial charge on any atom is 0.313 e. The summed E-state index contributed by atoms with van der Waals surface area (Å²) in [5.41, 5.74) is 5.31. The SMILES string of the molecule is COc1cc(F)cc(NC(=O)C(=O)NCCN)c1. The first-order valence-electron chi connectivity index (χ1n) is 5.20. The Morgan fingerprint density at radius 3 is 2.67 bits per heavy atom. The molecule has 0 heterocycles. The average Bonchev–Trinajstić information content (AvgIpc) is 2.34. The van der Waals surface area contributed by atoms with Crippen LogP contribution in [-0.4, -0.2) is 32.0 Å². The number of anilines is 1. The summed E-state index contributed by atoms with van der Waals surface area (Å²) in [6, 6.07) is 3.64. The van der Waals surface area contributed by atoms with Crippen molar-refractivity contribution in [3.63, 3.8) is 0 Å². The maximum absolute atomic E-state index is 13.1. The van der Waals surface area contributed by atoms with Crippen molar-refractivity contribution in [2.24, 2.45) is 5.73 Å². The molecule has 0 bridgehead atoms. The van der Waals surface area contributed by atoms with Gasteiger partial charge in [0.05, 0.1) is 7.11 Å². The molecule has 1 aromatic rings. The molecule has 7 heteroatoms. The minimum Gasteiger partial charge on any atom is -0.497 e. The molecule has 4 N–H and O–H groups in total. The lowest BCUT2D eigenvalue weighted by molar-refractivity contribution is -0.136. The van der Waals surface area contributed by atoms with E-state index in [9.17, 15) is 14.0 Å². The Balaban J connectivity index is 2.69. The summed E-state index contributed by atoms with van der Waals surface area (Å²) in [4.78, 5) is 22.6. The number of methoxy groups -OCH3 is 1. The molecule has 0 unspecified atom stereocenters. The Morgan fingerprint density at radius 2 is 2.06 bits per heavy atom. The zero-order valence-corrected chi connectivity index (χ0v) is 9.83. The Hall–Kier alpha value is -2.15. The van der Waals surface area contributed by atoms with Crippen LogP contribution in [0.5, 0.6) is 5.75 Å². The number of carbonyl (C=O) groups is 2. The van der Waals surface area contributed by atoms with E-state index in [-0.39, 0.29) is 24.5 Å². The van der Waals surface area contributed by atoms with Crippen molar-refractivity contribution in [1.82, 2.24) is 5.32 Å². The summed E-state index contributed by atoms with van der Waals surface area (Å²) < 4.78 is 18.0. The van der Waals surface area contributed by atoms with Crippen molar-refractivity contribution < 1.29 is 18.7 Å². The van der Waals surface area contributed by atoms with Crippen molar-refractivity contribution in [3.8, 4) is 5.75 Å². The van der Waals surface area contributed by atoms with E-state index >= 15 is 0 Å². The fraction of sp³-hybridized carbons (Fsp3) is 0.273. The van der Waals surface area contributed by atoms with E-state index in [0.717, 1.165) is 12.1 Å². The Morgan fingerprint density at radius 1 is 1.33 bits per heavy atom. The number of rotatable bonds is 4. The van der Waals surface area contributed by atoms with Gasteiger partial charge in [0.25, 0.3) is 0 Å². The molecule has 18 heavy (non-hydrogen) atoms. The molecule has 0 fully saturated rings. The van der Waals surface area contributed by atoms with Crippen LogP contribution in [0.2, 0.25) is 0 Å². The van der Waals surface area contributed by atoms with Crippen LogP contribution in [0.1, 0.15) is 0 Å². The van der Waals surface area contributed by atoms with Crippen LogP contribution < -0.4 is 21.1 Å². The summed E-state index contributed by atoms with van der Waals surface area (Å²) in [7, 11) is 1.37. The number of halogens is 1. The lowest BCUT2D eigenvalue weighted by Gasteiger charge is -2.07. The molecule has 0 saturated carbocycles. The first-order chi connectivity index (χ1) is 8.56. The maximum atomic E-state index is 13.1. The fourth-order valence-electron chi connectivity index (χ4n) is 1.21. The Bertz CT molecular complexity index is 451. The van der Waals surface area contributed by atoms with E-state index in [0.29, 0.717) is 0 Å². The Kier molecular flexibility index (Phi) is 5.06. The molecule has 0 radical (unpaired) electrons. The molecular formula is C11H14FN3O3. The highest BCUT2D eigenvalue weighted by atomic mass is 19.1. The monoisotopic (exact) mass is 255 g/mol. The molecule has 0 spiro atoms. The van der Waals surface area contributed by atoms with Crippen molar-refractivity contribution in [3.05, 3.63) is 24.0 Å². The van der Waals surface area contributed by atoms with E-state index < -0.39 is 17.6 Å². The van der Waals surface area contributed by atoms with Crippen molar-refractivity contribution in [2.45, 2.75) is 0 Å². The highest BCUT2D eigenvalue weighted by molar-refractivity contribution is 6.39. The van der Waals surface area contributed by atoms with Gasteiger partial charge in [-0.05, 0) is 6.07 Å². The average molecular weight is 255 g/mol. The minimum atomic E-state index is -0.892. The normalized spacial score (nSPS) is 9.72. The molecular weight excluding hydrogens is 241 g/mol. The van der Waals surface area contributed by atoms with Crippen LogP contribution in [0.25, 0.3) is 0 Å². The molecule has 2 amide bonds. The zero-order valence-electron chi connectivity index (χ0n) is 9.83. The van der Waals surface area contributed by atoms with E-state index in [1.165, 1.54) is 13.2 Å². The Labute approximate surface area is 103 Å². The predicted octanol–water partition coefficient (Wildman–Crippen LogP) is -0.152. The molecule has 0 atom stereocenters. The molecule has 0 aliphatic rings. The molecule has 98 valence electrons. The van der Waals surface area contributed by atoms with Crippen LogP contribution in [0.15, 0.2) is 18.2 Å². The van der Waals surface area contributed by atoms with E-state index in [2.05, 4.69) is 10.6 Å². The number of ether oxygens (including phenoxy) is 1. The summed E-state index contributed by atoms with van der Waals surface area (Å²) in [6.07, 6.45) is 0. The fourth-order valence-corrected chi connectivity index (χ4v) is 1.21. The summed E-state index contributed by atoms with van der Waals surface area (Å²) in [5, 5.41) is 4.55. The van der Waals surface area contributed by atoms with Gasteiger partial charge in [-0.1, -0.05) is 0 Å². The van der Waals surface area contributed by atoms with Crippen LogP contribution in [0, 0.1) is 5.82 Å². The van der Waals surface area contributed by atoms with Gasteiger partial charge in [0.15, 0.2) is 0 Å². The standard InChI is InChI=1S/C11H14FN3O3/c1-18-9-5-7(12)4-8(6-9)15-11(17)10(16)14-3-2-13/h4-6H,2-3,13H2,1H3,(H,14,16)(H,15,17). The van der Waals surface area contributed by atoms with E-state index in [4.69, 9.17) is 10.5 Å². The lowest BCUT2D eigenvalue weighted by Crippen LogP contribution is -2.37. The highest BCUT2D eigenvalue weighted by Gasteiger charge is 2.13. The van der Waals surface area contributed by atoms with Gasteiger partial charge in [0.1, 0.15) is 11.6 Å². The van der Waals surface area contributed by atoms with Crippen molar-refractivity contribution >= 4 is 17.5 Å². The number of nitrogens with one attached hydrogen (secondary N) is 2. The van der Waals surface area contributed by atoms with Gasteiger partial charge in [-0.15, -0.1) is 0 Å². The van der Waals surface area contributed by atoms with Crippen LogP contribution >= 0.6 is 0 Å². The number of amides is 2. The van der Waals surface area contributed by atoms with Gasteiger partial charge < -0.3 is 21.1 Å². The van der Waals surface area contributed by atoms with Crippen molar-refractivity contribution in [1.29, 1.82) is 0 Å². The number of carbonyl (C=O) groups excluding carboxylic acids is 2. The number of nitrogens with two attached hydrogens (primary N) is 1. The first-order valence-corrected chi connectivity index (χ1v) is 5.20. The largest absolute Gasteiger partial charge is 0.497 e. The molecule has 0 aliphatic heterocycles. The van der Waals surface area contributed by atoms with E-state index in [1.807, 2.05) is 0 Å². The molecule has 0 saturated heterocycles. The van der Waals surface area contributed by atoms with Crippen molar-refractivity contribution in [2.75, 3.05) is 25.5 Å². The summed E-state index contributed by atoms with van der Waals surface area (Å²) >= 11 is 0. The second-order valence-corrected chi connectivity index (χ2v) is 3.38. The van der Waals surface area contributed by atoms with Gasteiger partial charge >= 0.3 is 11.8 Å². The van der Waals surface area contributed by atoms with Gasteiger partial charge in [0, 0.05) is 30.9 Å². The number of hydrogen-bond donors (Lipinski definition) is 3. The second kappa shape index (κ2) is 6.55. The van der Waals surface area contributed by atoms with Gasteiger partial charge in [-0.2, -0.15) is 0 Å². The summed E-state index contributed by atoms with van der Waals surface area (Å²) in [6.45, 7) is 0.422. The first kappa shape index (κ1) is 13.9. The van der Waals surface area contributed by atoms with Crippen LogP contribution in [0.3, 0.4) is 0 Å². The lowest BCUT2D eigenvalue weighted by atomic mass is 10.3. The summed E-state index contributed by atoms with van der Waals surface area (Å²) in [5.74, 6) is -2.06. The van der Waals surface area contributed by atoms with Gasteiger partial charge in [-0.25, -0.2) is 4.39 Å². The number of benzene rings is 1. The minimum absolute atomic E-state index is 0.139. The van der Waals surface area contributed by atoms with Gasteiger partial charge in [-0.3, -0.25) is 9.59 Å². The molecule has 1 rings (SSSR count). The predicted molar refractivity (Wildman–Crippen MR) is 63.6 cm³/mol. The smallest absolute Gasteiger partial charge is 0.313 e. The second-order valence-electron chi connectivity index (χ2n) is 3.38. The molecule has 0 aliphatic carbocycles. The third kappa shape index (κ3) is 4.02. The zero-order chi connectivity index (χ0) is 13.5.